The zero-order valence-electron chi connectivity index (χ0n) is 12.2. The first-order valence-corrected chi connectivity index (χ1v) is 7.72. The van der Waals surface area contributed by atoms with Crippen molar-refractivity contribution in [3.8, 4) is 5.75 Å². The van der Waals surface area contributed by atoms with E-state index in [1.54, 1.807) is 7.11 Å². The van der Waals surface area contributed by atoms with Gasteiger partial charge in [0.1, 0.15) is 5.75 Å². The first-order valence-electron chi connectivity index (χ1n) is 7.72. The first-order chi connectivity index (χ1) is 9.38. The minimum Gasteiger partial charge on any atom is -0.497 e. The Hall–Kier alpha value is -1.02. The fourth-order valence-corrected chi connectivity index (χ4v) is 2.94. The third-order valence-electron chi connectivity index (χ3n) is 4.17. The van der Waals surface area contributed by atoms with Gasteiger partial charge in [-0.3, -0.25) is 0 Å². The molecule has 1 aromatic rings. The fraction of sp³-hybridized carbons (Fsp3) is 0.647. The van der Waals surface area contributed by atoms with Crippen LogP contribution in [0.4, 0.5) is 0 Å². The molecule has 0 aromatic heterocycles. The Bertz CT molecular complexity index is 358. The molecule has 2 rings (SSSR count). The highest BCUT2D eigenvalue weighted by Gasteiger charge is 2.11. The Balaban J connectivity index is 1.58. The second-order valence-corrected chi connectivity index (χ2v) is 5.64. The highest BCUT2D eigenvalue weighted by molar-refractivity contribution is 5.28. The van der Waals surface area contributed by atoms with Crippen LogP contribution in [0.15, 0.2) is 24.3 Å². The Kier molecular flexibility index (Phi) is 6.22. The van der Waals surface area contributed by atoms with Crippen LogP contribution in [0.1, 0.15) is 44.1 Å². The number of piperidine rings is 1. The highest BCUT2D eigenvalue weighted by Crippen LogP contribution is 2.20. The molecule has 0 saturated carbocycles. The maximum absolute atomic E-state index is 5.26. The van der Waals surface area contributed by atoms with Gasteiger partial charge in [0.15, 0.2) is 0 Å². The molecule has 0 aliphatic carbocycles. The zero-order chi connectivity index (χ0) is 13.3. The maximum atomic E-state index is 5.26. The van der Waals surface area contributed by atoms with Gasteiger partial charge in [0.25, 0.3) is 0 Å². The average Bonchev–Trinajstić information content (AvgIpc) is 2.48. The van der Waals surface area contributed by atoms with E-state index in [4.69, 9.17) is 4.74 Å². The van der Waals surface area contributed by atoms with E-state index in [-0.39, 0.29) is 0 Å². The smallest absolute Gasteiger partial charge is 0.119 e. The van der Waals surface area contributed by atoms with Crippen molar-refractivity contribution in [2.45, 2.75) is 44.9 Å². The number of rotatable bonds is 7. The third kappa shape index (κ3) is 5.23. The first kappa shape index (κ1) is 14.4. The van der Waals surface area contributed by atoms with Crippen LogP contribution in [0.3, 0.4) is 0 Å². The van der Waals surface area contributed by atoms with Crippen LogP contribution >= 0.6 is 0 Å². The molecule has 1 aromatic carbocycles. The van der Waals surface area contributed by atoms with Gasteiger partial charge in [0.05, 0.1) is 7.11 Å². The number of methoxy groups -OCH3 is 1. The summed E-state index contributed by atoms with van der Waals surface area (Å²) in [5.41, 5.74) is 1.40. The summed E-state index contributed by atoms with van der Waals surface area (Å²) in [5.74, 6) is 1.96. The van der Waals surface area contributed by atoms with Crippen molar-refractivity contribution in [1.29, 1.82) is 0 Å². The van der Waals surface area contributed by atoms with Gasteiger partial charge in [-0.05, 0) is 62.4 Å². The Morgan fingerprint density at radius 3 is 2.79 bits per heavy atom. The van der Waals surface area contributed by atoms with Crippen molar-refractivity contribution >= 4 is 0 Å². The molecule has 0 unspecified atom stereocenters. The molecule has 2 nitrogen and oxygen atoms in total. The molecule has 1 aliphatic rings. The fourth-order valence-electron chi connectivity index (χ4n) is 2.94. The van der Waals surface area contributed by atoms with E-state index in [1.807, 2.05) is 6.07 Å². The number of nitrogens with one attached hydrogen (secondary N) is 1. The Labute approximate surface area is 117 Å². The lowest BCUT2D eigenvalue weighted by Crippen LogP contribution is -2.27. The summed E-state index contributed by atoms with van der Waals surface area (Å²) >= 11 is 0. The van der Waals surface area contributed by atoms with Crippen molar-refractivity contribution in [3.63, 3.8) is 0 Å². The summed E-state index contributed by atoms with van der Waals surface area (Å²) in [6.07, 6.45) is 9.45. The number of unbranched alkanes of at least 4 members (excludes halogenated alkanes) is 2. The van der Waals surface area contributed by atoms with E-state index in [0.29, 0.717) is 0 Å². The van der Waals surface area contributed by atoms with Crippen LogP contribution in [-0.2, 0) is 6.42 Å². The summed E-state index contributed by atoms with van der Waals surface area (Å²) < 4.78 is 5.26. The monoisotopic (exact) mass is 261 g/mol. The van der Waals surface area contributed by atoms with Crippen LogP contribution in [0.2, 0.25) is 0 Å². The average molecular weight is 261 g/mol. The second kappa shape index (κ2) is 8.21. The van der Waals surface area contributed by atoms with Crippen LogP contribution in [0, 0.1) is 5.92 Å². The lowest BCUT2D eigenvalue weighted by atomic mass is 9.92. The summed E-state index contributed by atoms with van der Waals surface area (Å²) in [6, 6.07) is 8.46. The van der Waals surface area contributed by atoms with Crippen LogP contribution < -0.4 is 10.1 Å². The minimum absolute atomic E-state index is 0.979. The van der Waals surface area contributed by atoms with Crippen molar-refractivity contribution in [3.05, 3.63) is 29.8 Å². The molecule has 1 heterocycles. The van der Waals surface area contributed by atoms with Crippen LogP contribution in [0.5, 0.6) is 5.75 Å². The Morgan fingerprint density at radius 2 is 2.00 bits per heavy atom. The topological polar surface area (TPSA) is 21.3 Å². The maximum Gasteiger partial charge on any atom is 0.119 e. The summed E-state index contributed by atoms with van der Waals surface area (Å²) in [5, 5.41) is 3.44. The molecule has 19 heavy (non-hydrogen) atoms. The standard InChI is InChI=1S/C17H27NO/c1-19-17-9-5-8-16(14-17)7-4-2-3-6-15-10-12-18-13-11-15/h5,8-9,14-15,18H,2-4,6-7,10-13H2,1H3. The number of hydrogen-bond donors (Lipinski definition) is 1. The van der Waals surface area contributed by atoms with Gasteiger partial charge in [-0.1, -0.05) is 31.4 Å². The summed E-state index contributed by atoms with van der Waals surface area (Å²) in [4.78, 5) is 0. The SMILES string of the molecule is COc1cccc(CCCCCC2CCNCC2)c1. The van der Waals surface area contributed by atoms with Gasteiger partial charge in [-0.25, -0.2) is 0 Å². The van der Waals surface area contributed by atoms with Crippen molar-refractivity contribution in [1.82, 2.24) is 5.32 Å². The highest BCUT2D eigenvalue weighted by atomic mass is 16.5. The zero-order valence-corrected chi connectivity index (χ0v) is 12.2. The van der Waals surface area contributed by atoms with E-state index in [0.717, 1.165) is 11.7 Å². The molecule has 1 aliphatic heterocycles. The molecule has 1 N–H and O–H groups in total. The van der Waals surface area contributed by atoms with Crippen molar-refractivity contribution in [2.24, 2.45) is 5.92 Å². The van der Waals surface area contributed by atoms with E-state index < -0.39 is 0 Å². The molecular weight excluding hydrogens is 234 g/mol. The lowest BCUT2D eigenvalue weighted by molar-refractivity contribution is 0.343. The predicted octanol–water partition coefficient (Wildman–Crippen LogP) is 3.80. The van der Waals surface area contributed by atoms with Crippen LogP contribution in [0.25, 0.3) is 0 Å². The number of hydrogen-bond acceptors (Lipinski definition) is 2. The second-order valence-electron chi connectivity index (χ2n) is 5.64. The molecular formula is C17H27NO. The lowest BCUT2D eigenvalue weighted by Gasteiger charge is -2.22. The molecule has 1 saturated heterocycles. The van der Waals surface area contributed by atoms with Gasteiger partial charge in [-0.15, -0.1) is 0 Å². The van der Waals surface area contributed by atoms with Crippen LogP contribution in [-0.4, -0.2) is 20.2 Å². The Morgan fingerprint density at radius 1 is 1.16 bits per heavy atom. The molecule has 0 bridgehead atoms. The molecule has 0 spiro atoms. The van der Waals surface area contributed by atoms with Crippen molar-refractivity contribution in [2.75, 3.05) is 20.2 Å². The molecule has 0 radical (unpaired) electrons. The summed E-state index contributed by atoms with van der Waals surface area (Å²) in [7, 11) is 1.73. The van der Waals surface area contributed by atoms with E-state index in [9.17, 15) is 0 Å². The van der Waals surface area contributed by atoms with Gasteiger partial charge in [0.2, 0.25) is 0 Å². The van der Waals surface area contributed by atoms with Gasteiger partial charge >= 0.3 is 0 Å². The number of aryl methyl sites for hydroxylation is 1. The summed E-state index contributed by atoms with van der Waals surface area (Å²) in [6.45, 7) is 2.46. The van der Waals surface area contributed by atoms with Gasteiger partial charge in [0, 0.05) is 0 Å². The van der Waals surface area contributed by atoms with E-state index in [1.165, 1.54) is 63.6 Å². The predicted molar refractivity (Wildman–Crippen MR) is 80.8 cm³/mol. The number of ether oxygens (including phenoxy) is 1. The van der Waals surface area contributed by atoms with E-state index >= 15 is 0 Å². The molecule has 2 heteroatoms. The normalized spacial score (nSPS) is 16.5. The van der Waals surface area contributed by atoms with Crippen molar-refractivity contribution < 1.29 is 4.74 Å². The largest absolute Gasteiger partial charge is 0.497 e. The minimum atomic E-state index is 0.979. The molecule has 0 amide bonds. The van der Waals surface area contributed by atoms with Gasteiger partial charge < -0.3 is 10.1 Å². The third-order valence-corrected chi connectivity index (χ3v) is 4.17. The number of benzene rings is 1. The molecule has 1 fully saturated rings. The quantitative estimate of drug-likeness (QED) is 0.754. The van der Waals surface area contributed by atoms with Gasteiger partial charge in [-0.2, -0.15) is 0 Å². The van der Waals surface area contributed by atoms with E-state index in [2.05, 4.69) is 23.5 Å². The molecule has 106 valence electrons. The molecule has 0 atom stereocenters.